The maximum Gasteiger partial charge on any atom is 0.243 e. The third kappa shape index (κ3) is 3.40. The average Bonchev–Trinajstić information content (AvgIpc) is 2.94. The van der Waals surface area contributed by atoms with Crippen LogP contribution < -0.4 is 4.72 Å². The molecule has 0 spiro atoms. The molecule has 10 heteroatoms. The SMILES string of the molecule is CS(=O)(=O)NC1CCN(S(=O)(=O)c2cccc3cncc(Cl)c23)C1. The average molecular weight is 390 g/mol. The van der Waals surface area contributed by atoms with E-state index in [1.54, 1.807) is 18.3 Å². The van der Waals surface area contributed by atoms with Gasteiger partial charge in [-0.3, -0.25) is 4.98 Å². The zero-order valence-corrected chi connectivity index (χ0v) is 15.2. The van der Waals surface area contributed by atoms with E-state index in [1.807, 2.05) is 0 Å². The number of fused-ring (bicyclic) bond motifs is 1. The number of rotatable bonds is 4. The predicted octanol–water partition coefficient (Wildman–Crippen LogP) is 1.20. The molecule has 1 saturated heterocycles. The first kappa shape index (κ1) is 17.6. The molecule has 0 bridgehead atoms. The maximum atomic E-state index is 13.0. The number of pyridine rings is 1. The topological polar surface area (TPSA) is 96.4 Å². The largest absolute Gasteiger partial charge is 0.263 e. The summed E-state index contributed by atoms with van der Waals surface area (Å²) in [4.78, 5) is 4.07. The molecule has 0 saturated carbocycles. The minimum Gasteiger partial charge on any atom is -0.263 e. The Labute approximate surface area is 145 Å². The van der Waals surface area contributed by atoms with Crippen LogP contribution in [0.25, 0.3) is 10.8 Å². The second kappa shape index (κ2) is 6.23. The summed E-state index contributed by atoms with van der Waals surface area (Å²) >= 11 is 6.15. The van der Waals surface area contributed by atoms with Gasteiger partial charge in [-0.25, -0.2) is 21.6 Å². The lowest BCUT2D eigenvalue weighted by Gasteiger charge is -2.18. The Hall–Kier alpha value is -1.26. The van der Waals surface area contributed by atoms with Crippen molar-refractivity contribution < 1.29 is 16.8 Å². The molecule has 1 fully saturated rings. The van der Waals surface area contributed by atoms with E-state index in [9.17, 15) is 16.8 Å². The zero-order valence-electron chi connectivity index (χ0n) is 12.8. The van der Waals surface area contributed by atoms with E-state index < -0.39 is 26.1 Å². The molecule has 2 heterocycles. The van der Waals surface area contributed by atoms with Gasteiger partial charge in [0.15, 0.2) is 0 Å². The van der Waals surface area contributed by atoms with E-state index in [1.165, 1.54) is 16.6 Å². The Morgan fingerprint density at radius 1 is 1.25 bits per heavy atom. The first-order chi connectivity index (χ1) is 11.2. The van der Waals surface area contributed by atoms with Gasteiger partial charge >= 0.3 is 0 Å². The van der Waals surface area contributed by atoms with E-state index >= 15 is 0 Å². The number of halogens is 1. The van der Waals surface area contributed by atoms with Gasteiger partial charge in [-0.15, -0.1) is 0 Å². The van der Waals surface area contributed by atoms with E-state index in [0.29, 0.717) is 17.2 Å². The van der Waals surface area contributed by atoms with Crippen LogP contribution in [0.5, 0.6) is 0 Å². The highest BCUT2D eigenvalue weighted by Crippen LogP contribution is 2.32. The minimum absolute atomic E-state index is 0.0918. The molecule has 0 aliphatic carbocycles. The molecule has 130 valence electrons. The number of hydrogen-bond acceptors (Lipinski definition) is 5. The number of sulfonamides is 2. The molecule has 7 nitrogen and oxygen atoms in total. The third-order valence-corrected chi connectivity index (χ3v) is 6.80. The monoisotopic (exact) mass is 389 g/mol. The van der Waals surface area contributed by atoms with E-state index in [0.717, 1.165) is 6.26 Å². The summed E-state index contributed by atoms with van der Waals surface area (Å²) in [6.45, 7) is 0.336. The van der Waals surface area contributed by atoms with Crippen molar-refractivity contribution in [1.82, 2.24) is 14.0 Å². The van der Waals surface area contributed by atoms with Crippen molar-refractivity contribution >= 4 is 42.4 Å². The first-order valence-corrected chi connectivity index (χ1v) is 10.9. The molecule has 1 N–H and O–H groups in total. The smallest absolute Gasteiger partial charge is 0.243 e. The van der Waals surface area contributed by atoms with Crippen LogP contribution in [0.15, 0.2) is 35.5 Å². The van der Waals surface area contributed by atoms with Gasteiger partial charge in [0.05, 0.1) is 16.2 Å². The lowest BCUT2D eigenvalue weighted by molar-refractivity contribution is 0.468. The van der Waals surface area contributed by atoms with Crippen LogP contribution in [-0.2, 0) is 20.0 Å². The van der Waals surface area contributed by atoms with Crippen LogP contribution in [0.3, 0.4) is 0 Å². The predicted molar refractivity (Wildman–Crippen MR) is 91.9 cm³/mol. The van der Waals surface area contributed by atoms with Crippen molar-refractivity contribution in [1.29, 1.82) is 0 Å². The fourth-order valence-electron chi connectivity index (χ4n) is 2.86. The fraction of sp³-hybridized carbons (Fsp3) is 0.357. The Bertz CT molecular complexity index is 987. The lowest BCUT2D eigenvalue weighted by Crippen LogP contribution is -2.37. The van der Waals surface area contributed by atoms with E-state index in [2.05, 4.69) is 9.71 Å². The van der Waals surface area contributed by atoms with Crippen LogP contribution in [0, 0.1) is 0 Å². The van der Waals surface area contributed by atoms with Crippen LogP contribution in [0.1, 0.15) is 6.42 Å². The summed E-state index contributed by atoms with van der Waals surface area (Å²) in [5, 5.41) is 1.32. The number of benzene rings is 1. The molecule has 1 aliphatic rings. The maximum absolute atomic E-state index is 13.0. The summed E-state index contributed by atoms with van der Waals surface area (Å²) in [5.74, 6) is 0. The van der Waals surface area contributed by atoms with Gasteiger partial charge in [-0.05, 0) is 12.5 Å². The highest BCUT2D eigenvalue weighted by atomic mass is 35.5. The van der Waals surface area contributed by atoms with Gasteiger partial charge in [-0.1, -0.05) is 23.7 Å². The summed E-state index contributed by atoms with van der Waals surface area (Å²) < 4.78 is 52.4. The van der Waals surface area contributed by atoms with E-state index in [-0.39, 0.29) is 23.0 Å². The summed E-state index contributed by atoms with van der Waals surface area (Å²) in [7, 11) is -7.17. The molecule has 3 rings (SSSR count). The van der Waals surface area contributed by atoms with Gasteiger partial charge < -0.3 is 0 Å². The molecule has 1 unspecified atom stereocenters. The molecule has 0 amide bonds. The molecule has 1 aromatic carbocycles. The molecule has 1 atom stereocenters. The van der Waals surface area contributed by atoms with Crippen molar-refractivity contribution in [3.8, 4) is 0 Å². The van der Waals surface area contributed by atoms with Crippen molar-refractivity contribution in [2.24, 2.45) is 0 Å². The summed E-state index contributed by atoms with van der Waals surface area (Å²) in [5.41, 5.74) is 0. The van der Waals surface area contributed by atoms with Gasteiger partial charge in [0.1, 0.15) is 0 Å². The van der Waals surface area contributed by atoms with Crippen molar-refractivity contribution in [3.05, 3.63) is 35.6 Å². The summed E-state index contributed by atoms with van der Waals surface area (Å²) in [6, 6.07) is 4.45. The van der Waals surface area contributed by atoms with Gasteiger partial charge in [0.2, 0.25) is 20.0 Å². The van der Waals surface area contributed by atoms with Crippen LogP contribution in [0.4, 0.5) is 0 Å². The third-order valence-electron chi connectivity index (χ3n) is 3.85. The molecule has 0 radical (unpaired) electrons. The number of hydrogen-bond donors (Lipinski definition) is 1. The molecule has 2 aromatic rings. The van der Waals surface area contributed by atoms with Crippen LogP contribution in [-0.4, -0.2) is 51.5 Å². The highest BCUT2D eigenvalue weighted by Gasteiger charge is 2.34. The van der Waals surface area contributed by atoms with E-state index in [4.69, 9.17) is 11.6 Å². The number of nitrogens with one attached hydrogen (secondary N) is 1. The minimum atomic E-state index is -3.79. The van der Waals surface area contributed by atoms with Crippen molar-refractivity contribution in [3.63, 3.8) is 0 Å². The van der Waals surface area contributed by atoms with Crippen molar-refractivity contribution in [2.75, 3.05) is 19.3 Å². The van der Waals surface area contributed by atoms with Crippen LogP contribution >= 0.6 is 11.6 Å². The summed E-state index contributed by atoms with van der Waals surface area (Å²) in [6.07, 6.45) is 4.44. The molecular weight excluding hydrogens is 374 g/mol. The normalized spacial score (nSPS) is 19.8. The lowest BCUT2D eigenvalue weighted by atomic mass is 10.2. The molecule has 24 heavy (non-hydrogen) atoms. The number of aromatic nitrogens is 1. The fourth-order valence-corrected chi connectivity index (χ4v) is 5.72. The Morgan fingerprint density at radius 3 is 2.71 bits per heavy atom. The zero-order chi connectivity index (χ0) is 17.5. The van der Waals surface area contributed by atoms with Gasteiger partial charge in [-0.2, -0.15) is 4.31 Å². The Kier molecular flexibility index (Phi) is 4.56. The molecule has 1 aliphatic heterocycles. The Morgan fingerprint density at radius 2 is 2.00 bits per heavy atom. The van der Waals surface area contributed by atoms with Gasteiger partial charge in [0, 0.05) is 42.3 Å². The standard InChI is InChI=1S/C14H16ClN3O4S2/c1-23(19,20)17-11-5-6-18(9-11)24(21,22)13-4-2-3-10-7-16-8-12(15)14(10)13/h2-4,7-8,11,17H,5-6,9H2,1H3. The first-order valence-electron chi connectivity index (χ1n) is 7.18. The van der Waals surface area contributed by atoms with Gasteiger partial charge in [0.25, 0.3) is 0 Å². The second-order valence-corrected chi connectivity index (χ2v) is 9.81. The molecular formula is C14H16ClN3O4S2. The quantitative estimate of drug-likeness (QED) is 0.847. The number of nitrogens with zero attached hydrogens (tertiary/aromatic N) is 2. The second-order valence-electron chi connectivity index (χ2n) is 5.71. The highest BCUT2D eigenvalue weighted by molar-refractivity contribution is 7.89. The molecule has 1 aromatic heterocycles. The van der Waals surface area contributed by atoms with Crippen molar-refractivity contribution in [2.45, 2.75) is 17.4 Å². The van der Waals surface area contributed by atoms with Crippen LogP contribution in [0.2, 0.25) is 5.02 Å². The Balaban J connectivity index is 1.98.